The van der Waals surface area contributed by atoms with Crippen LogP contribution in [0.1, 0.15) is 21.7 Å². The summed E-state index contributed by atoms with van der Waals surface area (Å²) in [4.78, 5) is 16.9. The first kappa shape index (κ1) is 14.9. The monoisotopic (exact) mass is 313 g/mol. The average molecular weight is 313 g/mol. The Morgan fingerprint density at radius 3 is 2.77 bits per heavy atom. The molecule has 22 heavy (non-hydrogen) atoms. The van der Waals surface area contributed by atoms with Crippen molar-refractivity contribution >= 4 is 17.1 Å². The Morgan fingerprint density at radius 1 is 1.23 bits per heavy atom. The van der Waals surface area contributed by atoms with Crippen LogP contribution in [0.4, 0.5) is 0 Å². The lowest BCUT2D eigenvalue weighted by Crippen LogP contribution is -2.15. The molecule has 114 valence electrons. The molecule has 1 heterocycles. The first-order valence-electron chi connectivity index (χ1n) is 7.27. The fourth-order valence-electron chi connectivity index (χ4n) is 2.69. The highest BCUT2D eigenvalue weighted by Gasteiger charge is 2.25. The summed E-state index contributed by atoms with van der Waals surface area (Å²) in [6, 6.07) is 10.0. The predicted octanol–water partition coefficient (Wildman–Crippen LogP) is 4.00. The van der Waals surface area contributed by atoms with Crippen molar-refractivity contribution < 1.29 is 9.53 Å². The molecule has 4 heteroatoms. The molecule has 0 radical (unpaired) electrons. The van der Waals surface area contributed by atoms with Crippen LogP contribution in [0.25, 0.3) is 10.4 Å². The van der Waals surface area contributed by atoms with Gasteiger partial charge in [0, 0.05) is 41.2 Å². The Bertz CT molecular complexity index is 743. The molecular weight excluding hydrogens is 294 g/mol. The maximum atomic E-state index is 12.6. The Morgan fingerprint density at radius 2 is 2.05 bits per heavy atom. The average Bonchev–Trinajstić information content (AvgIpc) is 2.95. The lowest BCUT2D eigenvalue weighted by atomic mass is 9.92. The molecule has 0 unspecified atom stereocenters. The highest BCUT2D eigenvalue weighted by atomic mass is 32.1. The molecule has 1 aromatic heterocycles. The number of aryl methyl sites for hydroxylation is 1. The summed E-state index contributed by atoms with van der Waals surface area (Å²) in [6.45, 7) is 0. The molecule has 1 aromatic carbocycles. The van der Waals surface area contributed by atoms with Gasteiger partial charge < -0.3 is 9.64 Å². The van der Waals surface area contributed by atoms with Gasteiger partial charge in [-0.05, 0) is 36.6 Å². The molecule has 0 aliphatic heterocycles. The highest BCUT2D eigenvalue weighted by Crippen LogP contribution is 2.38. The molecule has 0 saturated carbocycles. The van der Waals surface area contributed by atoms with Gasteiger partial charge in [-0.3, -0.25) is 4.79 Å². The summed E-state index contributed by atoms with van der Waals surface area (Å²) in [7, 11) is 5.57. The second kappa shape index (κ2) is 5.97. The Balaban J connectivity index is 1.98. The van der Waals surface area contributed by atoms with Crippen LogP contribution < -0.4 is 4.74 Å². The summed E-state index contributed by atoms with van der Waals surface area (Å²) >= 11 is 1.72. The van der Waals surface area contributed by atoms with Crippen LogP contribution in [-0.2, 0) is 6.42 Å². The van der Waals surface area contributed by atoms with Crippen LogP contribution in [0.2, 0.25) is 0 Å². The van der Waals surface area contributed by atoms with Crippen molar-refractivity contribution in [2.24, 2.45) is 0 Å². The first-order chi connectivity index (χ1) is 10.6. The third-order valence-corrected chi connectivity index (χ3v) is 4.98. The second-order valence-electron chi connectivity index (χ2n) is 5.63. The van der Waals surface area contributed by atoms with E-state index in [4.69, 9.17) is 4.74 Å². The van der Waals surface area contributed by atoms with E-state index in [0.717, 1.165) is 40.2 Å². The first-order valence-corrected chi connectivity index (χ1v) is 8.09. The van der Waals surface area contributed by atoms with Gasteiger partial charge in [-0.15, -0.1) is 11.3 Å². The van der Waals surface area contributed by atoms with Crippen molar-refractivity contribution in [3.8, 4) is 16.2 Å². The number of carbonyl (C=O) groups excluding carboxylic acids is 1. The van der Waals surface area contributed by atoms with Crippen LogP contribution in [0.5, 0.6) is 5.75 Å². The molecule has 0 atom stereocenters. The topological polar surface area (TPSA) is 29.5 Å². The number of nitrogens with zero attached hydrogens (tertiary/aromatic N) is 1. The van der Waals surface area contributed by atoms with Gasteiger partial charge in [0.05, 0.1) is 7.11 Å². The van der Waals surface area contributed by atoms with Gasteiger partial charge in [0.25, 0.3) is 0 Å². The number of fused-ring (bicyclic) bond motifs is 1. The molecule has 2 aromatic rings. The van der Waals surface area contributed by atoms with Gasteiger partial charge >= 0.3 is 0 Å². The normalized spacial score (nSPS) is 15.8. The largest absolute Gasteiger partial charge is 0.497 e. The van der Waals surface area contributed by atoms with E-state index < -0.39 is 0 Å². The van der Waals surface area contributed by atoms with Crippen molar-refractivity contribution in [3.63, 3.8) is 0 Å². The lowest BCUT2D eigenvalue weighted by Gasteiger charge is -2.15. The van der Waals surface area contributed by atoms with Crippen molar-refractivity contribution in [2.75, 3.05) is 21.2 Å². The zero-order chi connectivity index (χ0) is 15.7. The number of rotatable bonds is 3. The Kier molecular flexibility index (Phi) is 4.03. The number of Topliss-reactive ketones (excluding diaryl/α,β-unsaturated/α-hetero) is 1. The molecule has 0 bridgehead atoms. The van der Waals surface area contributed by atoms with Gasteiger partial charge in [-0.25, -0.2) is 0 Å². The number of thiophene rings is 1. The molecule has 0 N–H and O–H groups in total. The third-order valence-electron chi connectivity index (χ3n) is 3.73. The number of ketones is 1. The van der Waals surface area contributed by atoms with Gasteiger partial charge in [0.2, 0.25) is 0 Å². The zero-order valence-corrected chi connectivity index (χ0v) is 13.9. The quantitative estimate of drug-likeness (QED) is 0.802. The molecular formula is C18H19NO2S. The minimum Gasteiger partial charge on any atom is -0.497 e. The Labute approximate surface area is 134 Å². The van der Waals surface area contributed by atoms with Gasteiger partial charge in [0.15, 0.2) is 5.78 Å². The van der Waals surface area contributed by atoms with Crippen LogP contribution in [-0.4, -0.2) is 31.9 Å². The fraction of sp³-hybridized carbons (Fsp3) is 0.278. The van der Waals surface area contributed by atoms with Crippen molar-refractivity contribution in [3.05, 3.63) is 52.5 Å². The smallest absolute Gasteiger partial charge is 0.191 e. The second-order valence-corrected chi connectivity index (χ2v) is 6.76. The van der Waals surface area contributed by atoms with E-state index >= 15 is 0 Å². The number of hydrogen-bond donors (Lipinski definition) is 0. The zero-order valence-electron chi connectivity index (χ0n) is 13.1. The predicted molar refractivity (Wildman–Crippen MR) is 90.7 cm³/mol. The molecule has 3 rings (SSSR count). The maximum Gasteiger partial charge on any atom is 0.191 e. The lowest BCUT2D eigenvalue weighted by molar-refractivity contribution is 0.102. The minimum absolute atomic E-state index is 0.167. The van der Waals surface area contributed by atoms with Crippen LogP contribution in [0.3, 0.4) is 0 Å². The van der Waals surface area contributed by atoms with E-state index in [1.165, 1.54) is 4.88 Å². The number of benzene rings is 1. The van der Waals surface area contributed by atoms with Crippen LogP contribution in [0.15, 0.2) is 42.1 Å². The van der Waals surface area contributed by atoms with E-state index in [1.54, 1.807) is 18.4 Å². The highest BCUT2D eigenvalue weighted by molar-refractivity contribution is 7.16. The van der Waals surface area contributed by atoms with Crippen LogP contribution in [0, 0.1) is 0 Å². The van der Waals surface area contributed by atoms with E-state index in [-0.39, 0.29) is 5.78 Å². The minimum atomic E-state index is 0.167. The number of ether oxygens (including phenoxy) is 1. The van der Waals surface area contributed by atoms with E-state index in [1.807, 2.05) is 49.5 Å². The van der Waals surface area contributed by atoms with Crippen molar-refractivity contribution in [1.82, 2.24) is 4.90 Å². The van der Waals surface area contributed by atoms with Crippen molar-refractivity contribution in [1.29, 1.82) is 0 Å². The molecule has 1 aliphatic rings. The standard InChI is InChI=1S/C18H19NO2S/c1-19(2)11-13-7-8-16-15(18(13)20)10-17(22-16)12-5-4-6-14(9-12)21-3/h4-6,9-11H,7-8H2,1-3H3. The number of hydrogen-bond acceptors (Lipinski definition) is 4. The van der Waals surface area contributed by atoms with Gasteiger partial charge in [0.1, 0.15) is 5.75 Å². The van der Waals surface area contributed by atoms with E-state index in [9.17, 15) is 4.79 Å². The summed E-state index contributed by atoms with van der Waals surface area (Å²) in [5.74, 6) is 1.00. The molecule has 3 nitrogen and oxygen atoms in total. The summed E-state index contributed by atoms with van der Waals surface area (Å²) in [6.07, 6.45) is 3.70. The van der Waals surface area contributed by atoms with Crippen LogP contribution >= 0.6 is 11.3 Å². The Hall–Kier alpha value is -2.07. The molecule has 1 aliphatic carbocycles. The maximum absolute atomic E-state index is 12.6. The molecule has 0 amide bonds. The summed E-state index contributed by atoms with van der Waals surface area (Å²) in [5, 5.41) is 0. The number of allylic oxidation sites excluding steroid dienone is 1. The van der Waals surface area contributed by atoms with Gasteiger partial charge in [-0.1, -0.05) is 12.1 Å². The van der Waals surface area contributed by atoms with Crippen molar-refractivity contribution in [2.45, 2.75) is 12.8 Å². The van der Waals surface area contributed by atoms with E-state index in [0.29, 0.717) is 0 Å². The molecule has 0 saturated heterocycles. The number of methoxy groups -OCH3 is 1. The number of carbonyl (C=O) groups is 1. The molecule has 0 fully saturated rings. The molecule has 0 spiro atoms. The van der Waals surface area contributed by atoms with E-state index in [2.05, 4.69) is 6.07 Å². The summed E-state index contributed by atoms with van der Waals surface area (Å²) < 4.78 is 5.28. The third kappa shape index (κ3) is 2.79. The summed E-state index contributed by atoms with van der Waals surface area (Å²) in [5.41, 5.74) is 2.86. The van der Waals surface area contributed by atoms with Gasteiger partial charge in [-0.2, -0.15) is 0 Å². The fourth-order valence-corrected chi connectivity index (χ4v) is 3.85. The SMILES string of the molecule is COc1cccc(-c2cc3c(s2)CCC(=CN(C)C)C3=O)c1.